The van der Waals surface area contributed by atoms with Gasteiger partial charge in [-0.15, -0.1) is 5.10 Å². The number of hydrogen-bond donors (Lipinski definition) is 5. The fourth-order valence-corrected chi connectivity index (χ4v) is 4.52. The number of fused-ring (bicyclic) bond motifs is 16. The zero-order valence-corrected chi connectivity index (χ0v) is 24.2. The Kier molecular flexibility index (Phi) is 10.8. The van der Waals surface area contributed by atoms with Gasteiger partial charge in [-0.3, -0.25) is 23.9 Å². The second-order valence-corrected chi connectivity index (χ2v) is 10.3. The van der Waals surface area contributed by atoms with Gasteiger partial charge in [-0.1, -0.05) is 42.5 Å². The molecule has 13 heteroatoms. The van der Waals surface area contributed by atoms with Crippen LogP contribution in [0.2, 0.25) is 0 Å². The lowest BCUT2D eigenvalue weighted by atomic mass is 10.0. The van der Waals surface area contributed by atoms with Gasteiger partial charge in [0, 0.05) is 24.9 Å². The van der Waals surface area contributed by atoms with Crippen LogP contribution in [0.3, 0.4) is 0 Å². The monoisotopic (exact) mass is 591 g/mol. The van der Waals surface area contributed by atoms with Crippen LogP contribution in [0.15, 0.2) is 60.8 Å². The fraction of sp³-hybridized carbons (Fsp3) is 0.400. The lowest BCUT2D eigenvalue weighted by molar-refractivity contribution is -0.134. The van der Waals surface area contributed by atoms with E-state index in [-0.39, 0.29) is 19.4 Å². The molecule has 5 rings (SSSR count). The highest BCUT2D eigenvalue weighted by Crippen LogP contribution is 2.13. The Morgan fingerprint density at radius 2 is 1.70 bits per heavy atom. The minimum absolute atomic E-state index is 0.0806. The molecule has 0 spiro atoms. The van der Waals surface area contributed by atoms with Crippen molar-refractivity contribution in [2.24, 2.45) is 0 Å². The van der Waals surface area contributed by atoms with Gasteiger partial charge in [0.25, 0.3) is 5.91 Å². The first-order valence-electron chi connectivity index (χ1n) is 14.3. The largest absolute Gasteiger partial charge is 0.494 e. The van der Waals surface area contributed by atoms with E-state index >= 15 is 0 Å². The van der Waals surface area contributed by atoms with Crippen molar-refractivity contribution in [2.45, 2.75) is 70.4 Å². The van der Waals surface area contributed by atoms with E-state index in [0.29, 0.717) is 36.6 Å². The Bertz CT molecular complexity index is 1390. The van der Waals surface area contributed by atoms with Gasteiger partial charge in [-0.2, -0.15) is 0 Å². The number of aromatic nitrogens is 3. The third kappa shape index (κ3) is 8.85. The van der Waals surface area contributed by atoms with E-state index in [1.807, 2.05) is 30.3 Å². The molecule has 2 aromatic carbocycles. The van der Waals surface area contributed by atoms with Gasteiger partial charge in [0.1, 0.15) is 29.6 Å². The summed E-state index contributed by atoms with van der Waals surface area (Å²) in [6.45, 7) is 4.09. The molecule has 228 valence electrons. The second-order valence-electron chi connectivity index (χ2n) is 10.3. The summed E-state index contributed by atoms with van der Waals surface area (Å²) in [5, 5.41) is 29.3. The van der Waals surface area contributed by atoms with E-state index in [1.165, 1.54) is 6.92 Å². The lowest BCUT2D eigenvalue weighted by Gasteiger charge is -2.26. The van der Waals surface area contributed by atoms with Crippen LogP contribution in [-0.4, -0.2) is 74.6 Å². The van der Waals surface area contributed by atoms with Crippen molar-refractivity contribution in [2.75, 3.05) is 6.61 Å². The molecule has 5 N–H and O–H groups in total. The number of hydrogen-bond acceptors (Lipinski definition) is 8. The molecule has 43 heavy (non-hydrogen) atoms. The molecule has 0 saturated heterocycles. The SMILES string of the molecule is CC[C@@H]1NC(=O)c2ccc(cc2)OCCCn2cc(nn2)CNC(=O)[C@H](Cc2ccccc2)NC(=O)[C@H]([C@@H](C)O)NC1=O. The van der Waals surface area contributed by atoms with E-state index < -0.39 is 47.9 Å². The van der Waals surface area contributed by atoms with Crippen LogP contribution in [0.25, 0.3) is 0 Å². The molecule has 1 aromatic heterocycles. The van der Waals surface area contributed by atoms with Crippen molar-refractivity contribution in [1.82, 2.24) is 36.3 Å². The Morgan fingerprint density at radius 3 is 2.40 bits per heavy atom. The predicted molar refractivity (Wildman–Crippen MR) is 156 cm³/mol. The summed E-state index contributed by atoms with van der Waals surface area (Å²) in [5.74, 6) is -1.77. The van der Waals surface area contributed by atoms with E-state index in [1.54, 1.807) is 42.1 Å². The molecule has 0 fully saturated rings. The summed E-state index contributed by atoms with van der Waals surface area (Å²) in [5.41, 5.74) is 1.66. The number of carbonyl (C=O) groups excluding carboxylic acids is 4. The smallest absolute Gasteiger partial charge is 0.251 e. The minimum atomic E-state index is -1.39. The summed E-state index contributed by atoms with van der Waals surface area (Å²) in [7, 11) is 0. The molecule has 0 saturated carbocycles. The number of ether oxygens (including phenoxy) is 1. The standard InChI is InChI=1S/C30H37N7O6/c1-3-24-29(41)34-26(19(2)38)30(42)33-25(16-20-8-5-4-6-9-20)28(40)31-17-22-18-37(36-35-22)14-7-15-43-23-12-10-21(11-13-23)27(39)32-24/h4-6,8-13,18-19,24-26,38H,3,7,14-17H2,1-2H3,(H,31,40)(H,32,39)(H,33,42)(H,34,41)/t19-,24+,25+,26+/m1/s1. The number of carbonyl (C=O) groups is 4. The minimum Gasteiger partial charge on any atom is -0.494 e. The lowest BCUT2D eigenvalue weighted by Crippen LogP contribution is -2.60. The number of amides is 4. The van der Waals surface area contributed by atoms with Crippen LogP contribution in [0.4, 0.5) is 0 Å². The first-order valence-corrected chi connectivity index (χ1v) is 14.3. The molecule has 3 heterocycles. The number of aliphatic hydroxyl groups is 1. The number of benzene rings is 2. The zero-order chi connectivity index (χ0) is 30.8. The molecule has 4 amide bonds. The summed E-state index contributed by atoms with van der Waals surface area (Å²) >= 11 is 0. The molecule has 2 aliphatic heterocycles. The normalized spacial score (nSPS) is 21.5. The summed E-state index contributed by atoms with van der Waals surface area (Å²) in [6.07, 6.45) is 1.46. The van der Waals surface area contributed by atoms with Crippen molar-refractivity contribution in [3.05, 3.63) is 77.6 Å². The molecule has 2 aliphatic rings. The zero-order valence-electron chi connectivity index (χ0n) is 24.2. The van der Waals surface area contributed by atoms with Gasteiger partial charge >= 0.3 is 0 Å². The quantitative estimate of drug-likeness (QED) is 0.272. The van der Waals surface area contributed by atoms with E-state index in [9.17, 15) is 24.3 Å². The van der Waals surface area contributed by atoms with E-state index in [4.69, 9.17) is 4.74 Å². The van der Waals surface area contributed by atoms with Crippen molar-refractivity contribution in [3.8, 4) is 5.75 Å². The van der Waals surface area contributed by atoms with Crippen LogP contribution in [0.5, 0.6) is 5.75 Å². The summed E-state index contributed by atoms with van der Waals surface area (Å²) in [4.78, 5) is 52.7. The molecule has 0 aliphatic carbocycles. The third-order valence-electron chi connectivity index (χ3n) is 6.95. The number of rotatable bonds is 4. The van der Waals surface area contributed by atoms with E-state index in [2.05, 4.69) is 31.6 Å². The first kappa shape index (κ1) is 31.2. The molecule has 0 radical (unpaired) electrons. The molecule has 0 unspecified atom stereocenters. The number of aryl methyl sites for hydroxylation is 1. The van der Waals surface area contributed by atoms with Crippen molar-refractivity contribution >= 4 is 23.6 Å². The van der Waals surface area contributed by atoms with Gasteiger partial charge in [0.15, 0.2) is 0 Å². The van der Waals surface area contributed by atoms with Crippen molar-refractivity contribution in [1.29, 1.82) is 0 Å². The highest BCUT2D eigenvalue weighted by Gasteiger charge is 2.32. The van der Waals surface area contributed by atoms with Gasteiger partial charge < -0.3 is 31.1 Å². The summed E-state index contributed by atoms with van der Waals surface area (Å²) in [6, 6.07) is 12.3. The van der Waals surface area contributed by atoms with Crippen LogP contribution in [0.1, 0.15) is 48.3 Å². The Labute approximate surface area is 249 Å². The topological polar surface area (TPSA) is 177 Å². The predicted octanol–water partition coefficient (Wildman–Crippen LogP) is 0.479. The van der Waals surface area contributed by atoms with E-state index in [0.717, 1.165) is 5.56 Å². The van der Waals surface area contributed by atoms with Gasteiger partial charge in [-0.05, 0) is 43.2 Å². The number of aliphatic hydroxyl groups excluding tert-OH is 1. The molecule has 13 nitrogen and oxygen atoms in total. The van der Waals surface area contributed by atoms with Gasteiger partial charge in [0.05, 0.1) is 25.5 Å². The highest BCUT2D eigenvalue weighted by molar-refractivity contribution is 5.99. The number of nitrogens with one attached hydrogen (secondary N) is 4. The molecule has 3 aromatic rings. The average molecular weight is 592 g/mol. The van der Waals surface area contributed by atoms with Crippen molar-refractivity contribution < 1.29 is 29.0 Å². The van der Waals surface area contributed by atoms with Gasteiger partial charge in [-0.25, -0.2) is 0 Å². The van der Waals surface area contributed by atoms with Crippen molar-refractivity contribution in [3.63, 3.8) is 0 Å². The number of nitrogens with zero attached hydrogens (tertiary/aromatic N) is 3. The maximum absolute atomic E-state index is 13.4. The maximum Gasteiger partial charge on any atom is 0.251 e. The Hall–Kier alpha value is -4.78. The van der Waals surface area contributed by atoms with Crippen LogP contribution in [-0.2, 0) is 33.9 Å². The van der Waals surface area contributed by atoms with Crippen LogP contribution < -0.4 is 26.0 Å². The second kappa shape index (κ2) is 14.9. The summed E-state index contributed by atoms with van der Waals surface area (Å²) < 4.78 is 7.42. The van der Waals surface area contributed by atoms with Crippen LogP contribution >= 0.6 is 0 Å². The fourth-order valence-electron chi connectivity index (χ4n) is 4.52. The van der Waals surface area contributed by atoms with Gasteiger partial charge in [0.2, 0.25) is 17.7 Å². The molecular formula is C30H37N7O6. The average Bonchev–Trinajstić information content (AvgIpc) is 3.46. The molecule has 4 atom stereocenters. The third-order valence-corrected chi connectivity index (χ3v) is 6.95. The molecule has 4 bridgehead atoms. The maximum atomic E-state index is 13.4. The Balaban J connectivity index is 1.58. The highest BCUT2D eigenvalue weighted by atomic mass is 16.5. The molecular weight excluding hydrogens is 554 g/mol. The van der Waals surface area contributed by atoms with Crippen LogP contribution in [0, 0.1) is 0 Å². The Morgan fingerprint density at radius 1 is 0.953 bits per heavy atom. The first-order chi connectivity index (χ1) is 20.7.